The molecule has 184 valence electrons. The molecular formula is C25H30N6O3S. The summed E-state index contributed by atoms with van der Waals surface area (Å²) in [6, 6.07) is 15.0. The van der Waals surface area contributed by atoms with Crippen molar-refractivity contribution in [3.8, 4) is 0 Å². The maximum absolute atomic E-state index is 12.3. The fourth-order valence-electron chi connectivity index (χ4n) is 4.09. The summed E-state index contributed by atoms with van der Waals surface area (Å²) in [5.74, 6) is 1.40. The molecule has 35 heavy (non-hydrogen) atoms. The first-order valence-corrected chi connectivity index (χ1v) is 13.3. The lowest BCUT2D eigenvalue weighted by atomic mass is 10.2. The Bertz CT molecular complexity index is 1430. The Balaban J connectivity index is 1.42. The van der Waals surface area contributed by atoms with E-state index in [0.717, 1.165) is 53.4 Å². The van der Waals surface area contributed by atoms with Gasteiger partial charge in [-0.2, -0.15) is 0 Å². The van der Waals surface area contributed by atoms with Crippen molar-refractivity contribution in [1.82, 2.24) is 24.6 Å². The number of hydrogen-bond donors (Lipinski definition) is 3. The molecule has 0 saturated heterocycles. The van der Waals surface area contributed by atoms with E-state index in [4.69, 9.17) is 10.7 Å². The van der Waals surface area contributed by atoms with Crippen molar-refractivity contribution in [1.29, 1.82) is 0 Å². The molecule has 0 aliphatic heterocycles. The molecule has 0 fully saturated rings. The molecule has 4 N–H and O–H groups in total. The van der Waals surface area contributed by atoms with Gasteiger partial charge in [-0.15, -0.1) is 0 Å². The van der Waals surface area contributed by atoms with Crippen molar-refractivity contribution in [2.24, 2.45) is 0 Å². The predicted molar refractivity (Wildman–Crippen MR) is 137 cm³/mol. The van der Waals surface area contributed by atoms with E-state index in [1.165, 1.54) is 12.1 Å². The number of nitrogen functional groups attached to an aromatic ring is 1. The third-order valence-corrected chi connectivity index (χ3v) is 7.16. The Morgan fingerprint density at radius 3 is 2.51 bits per heavy atom. The standard InChI is InChI=1S/C25H30N6O3S/c1-2-3-15-21-29-22-23(19-13-7-8-14-20(19)28-24(22)26)31(21)17-10-9-16-27-25(32)30-35(33,34)18-11-5-4-6-12-18/h4-8,11-14H,2-3,9-10,15-17H2,1H3,(H2,26,28)(H2,27,30,32). The Kier molecular flexibility index (Phi) is 7.50. The Morgan fingerprint density at radius 2 is 1.74 bits per heavy atom. The van der Waals surface area contributed by atoms with Crippen LogP contribution in [-0.4, -0.2) is 35.5 Å². The zero-order chi connectivity index (χ0) is 24.8. The van der Waals surface area contributed by atoms with Crippen molar-refractivity contribution in [2.45, 2.75) is 50.5 Å². The number of benzene rings is 2. The SMILES string of the molecule is CCCCc1nc2c(N)nc3ccccc3c2n1CCCCNC(=O)NS(=O)(=O)c1ccccc1. The highest BCUT2D eigenvalue weighted by atomic mass is 32.2. The van der Waals surface area contributed by atoms with Gasteiger partial charge in [0.25, 0.3) is 10.0 Å². The van der Waals surface area contributed by atoms with Crippen molar-refractivity contribution in [3.63, 3.8) is 0 Å². The minimum Gasteiger partial charge on any atom is -0.382 e. The van der Waals surface area contributed by atoms with E-state index in [9.17, 15) is 13.2 Å². The molecule has 0 aliphatic carbocycles. The number of rotatable bonds is 10. The van der Waals surface area contributed by atoms with Gasteiger partial charge in [0.15, 0.2) is 5.82 Å². The quantitative estimate of drug-likeness (QED) is 0.286. The van der Waals surface area contributed by atoms with E-state index in [1.54, 1.807) is 18.2 Å². The van der Waals surface area contributed by atoms with Gasteiger partial charge in [-0.05, 0) is 37.5 Å². The third kappa shape index (κ3) is 5.54. The van der Waals surface area contributed by atoms with Crippen LogP contribution in [0.3, 0.4) is 0 Å². The van der Waals surface area contributed by atoms with Crippen LogP contribution in [0.15, 0.2) is 59.5 Å². The van der Waals surface area contributed by atoms with Crippen LogP contribution in [-0.2, 0) is 23.0 Å². The van der Waals surface area contributed by atoms with Crippen LogP contribution in [0.4, 0.5) is 10.6 Å². The summed E-state index contributed by atoms with van der Waals surface area (Å²) in [4.78, 5) is 21.5. The van der Waals surface area contributed by atoms with E-state index >= 15 is 0 Å². The number of sulfonamides is 1. The number of hydrogen-bond acceptors (Lipinski definition) is 6. The number of carbonyl (C=O) groups is 1. The highest BCUT2D eigenvalue weighted by molar-refractivity contribution is 7.90. The van der Waals surface area contributed by atoms with Gasteiger partial charge in [0.1, 0.15) is 11.3 Å². The van der Waals surface area contributed by atoms with Crippen LogP contribution < -0.4 is 15.8 Å². The number of anilines is 1. The molecule has 2 aromatic carbocycles. The van der Waals surface area contributed by atoms with Gasteiger partial charge in [-0.25, -0.2) is 27.9 Å². The summed E-state index contributed by atoms with van der Waals surface area (Å²) >= 11 is 0. The minimum absolute atomic E-state index is 0.0442. The van der Waals surface area contributed by atoms with E-state index in [-0.39, 0.29) is 4.90 Å². The molecule has 4 aromatic rings. The lowest BCUT2D eigenvalue weighted by Crippen LogP contribution is -2.39. The number of aromatic nitrogens is 3. The number of amides is 2. The molecular weight excluding hydrogens is 464 g/mol. The second-order valence-electron chi connectivity index (χ2n) is 8.38. The van der Waals surface area contributed by atoms with Crippen LogP contribution in [0.2, 0.25) is 0 Å². The van der Waals surface area contributed by atoms with Gasteiger partial charge >= 0.3 is 6.03 Å². The Morgan fingerprint density at radius 1 is 1.00 bits per heavy atom. The lowest BCUT2D eigenvalue weighted by molar-refractivity contribution is 0.245. The molecule has 0 bridgehead atoms. The van der Waals surface area contributed by atoms with Gasteiger partial charge in [-0.1, -0.05) is 49.7 Å². The number of fused-ring (bicyclic) bond motifs is 3. The first kappa shape index (κ1) is 24.5. The van der Waals surface area contributed by atoms with Crippen LogP contribution in [0.5, 0.6) is 0 Å². The van der Waals surface area contributed by atoms with E-state index in [2.05, 4.69) is 21.8 Å². The van der Waals surface area contributed by atoms with Crippen LogP contribution >= 0.6 is 0 Å². The average molecular weight is 495 g/mol. The number of urea groups is 1. The average Bonchev–Trinajstić information content (AvgIpc) is 3.22. The van der Waals surface area contributed by atoms with Crippen molar-refractivity contribution >= 4 is 43.8 Å². The topological polar surface area (TPSA) is 132 Å². The summed E-state index contributed by atoms with van der Waals surface area (Å²) in [7, 11) is -3.89. The maximum Gasteiger partial charge on any atom is 0.328 e. The molecule has 4 rings (SSSR count). The largest absolute Gasteiger partial charge is 0.382 e. The number of nitrogens with zero attached hydrogens (tertiary/aromatic N) is 3. The number of nitrogens with two attached hydrogens (primary N) is 1. The molecule has 0 atom stereocenters. The summed E-state index contributed by atoms with van der Waals surface area (Å²) in [6.07, 6.45) is 4.36. The molecule has 0 unspecified atom stereocenters. The zero-order valence-electron chi connectivity index (χ0n) is 19.7. The summed E-state index contributed by atoms with van der Waals surface area (Å²) in [6.45, 7) is 3.19. The van der Waals surface area contributed by atoms with Crippen molar-refractivity contribution in [2.75, 3.05) is 12.3 Å². The maximum atomic E-state index is 12.3. The highest BCUT2D eigenvalue weighted by Crippen LogP contribution is 2.29. The number of imidazole rings is 1. The summed E-state index contributed by atoms with van der Waals surface area (Å²) in [5.41, 5.74) is 8.78. The molecule has 0 aliphatic rings. The molecule has 10 heteroatoms. The van der Waals surface area contributed by atoms with Crippen LogP contribution in [0.25, 0.3) is 21.9 Å². The third-order valence-electron chi connectivity index (χ3n) is 5.82. The molecule has 2 amide bonds. The number of nitrogens with one attached hydrogen (secondary N) is 2. The van der Waals surface area contributed by atoms with Crippen molar-refractivity contribution < 1.29 is 13.2 Å². The van der Waals surface area contributed by atoms with Gasteiger partial charge in [0.05, 0.1) is 15.9 Å². The molecule has 9 nitrogen and oxygen atoms in total. The Labute approximate surface area is 204 Å². The van der Waals surface area contributed by atoms with Crippen molar-refractivity contribution in [3.05, 3.63) is 60.4 Å². The summed E-state index contributed by atoms with van der Waals surface area (Å²) in [5, 5.41) is 3.64. The van der Waals surface area contributed by atoms with E-state index in [0.29, 0.717) is 25.3 Å². The van der Waals surface area contributed by atoms with Gasteiger partial charge in [0, 0.05) is 24.9 Å². The highest BCUT2D eigenvalue weighted by Gasteiger charge is 2.18. The van der Waals surface area contributed by atoms with Crippen LogP contribution in [0.1, 0.15) is 38.4 Å². The number of carbonyl (C=O) groups excluding carboxylic acids is 1. The molecule has 0 saturated carbocycles. The number of para-hydroxylation sites is 1. The smallest absolute Gasteiger partial charge is 0.328 e. The molecule has 0 spiro atoms. The van der Waals surface area contributed by atoms with E-state index in [1.807, 2.05) is 29.0 Å². The fraction of sp³-hybridized carbons (Fsp3) is 0.320. The Hall–Kier alpha value is -3.66. The monoisotopic (exact) mass is 494 g/mol. The van der Waals surface area contributed by atoms with Gasteiger partial charge < -0.3 is 15.6 Å². The second kappa shape index (κ2) is 10.7. The second-order valence-corrected chi connectivity index (χ2v) is 10.1. The van der Waals surface area contributed by atoms with Crippen LogP contribution in [0, 0.1) is 0 Å². The molecule has 0 radical (unpaired) electrons. The van der Waals surface area contributed by atoms with Gasteiger partial charge in [-0.3, -0.25) is 0 Å². The summed E-state index contributed by atoms with van der Waals surface area (Å²) < 4.78 is 28.8. The molecule has 2 aromatic heterocycles. The first-order valence-electron chi connectivity index (χ1n) is 11.8. The number of pyridine rings is 1. The zero-order valence-corrected chi connectivity index (χ0v) is 20.5. The first-order chi connectivity index (χ1) is 16.9. The minimum atomic E-state index is -3.89. The predicted octanol–water partition coefficient (Wildman–Crippen LogP) is 3.98. The fourth-order valence-corrected chi connectivity index (χ4v) is 5.03. The van der Waals surface area contributed by atoms with E-state index < -0.39 is 16.1 Å². The number of unbranched alkanes of at least 4 members (excludes halogenated alkanes) is 2. The normalized spacial score (nSPS) is 11.7. The lowest BCUT2D eigenvalue weighted by Gasteiger charge is -2.12. The van der Waals surface area contributed by atoms with Gasteiger partial charge in [0.2, 0.25) is 0 Å². The number of aryl methyl sites for hydroxylation is 2. The molecule has 2 heterocycles.